The van der Waals surface area contributed by atoms with Crippen LogP contribution in [0.4, 0.5) is 19.1 Å². The SMILES string of the molecule is Cc1nc(NCC(C)(C)O)nc(-c2cccc(C(F)(F)F)n2)n1. The van der Waals surface area contributed by atoms with E-state index in [0.717, 1.165) is 6.07 Å². The molecule has 2 N–H and O–H groups in total. The maximum atomic E-state index is 12.7. The third-order valence-electron chi connectivity index (χ3n) is 2.69. The number of anilines is 1. The summed E-state index contributed by atoms with van der Waals surface area (Å²) in [5.41, 5.74) is -2.01. The molecule has 0 unspecified atom stereocenters. The monoisotopic (exact) mass is 327 g/mol. The van der Waals surface area contributed by atoms with Crippen molar-refractivity contribution in [1.29, 1.82) is 0 Å². The van der Waals surface area contributed by atoms with Gasteiger partial charge in [0.1, 0.15) is 17.2 Å². The Bertz CT molecular complexity index is 698. The van der Waals surface area contributed by atoms with Crippen molar-refractivity contribution in [2.75, 3.05) is 11.9 Å². The Kier molecular flexibility index (Phi) is 4.51. The van der Waals surface area contributed by atoms with Crippen LogP contribution in [0.2, 0.25) is 0 Å². The first-order valence-electron chi connectivity index (χ1n) is 6.78. The van der Waals surface area contributed by atoms with Gasteiger partial charge in [-0.15, -0.1) is 0 Å². The molecule has 2 rings (SSSR count). The standard InChI is InChI=1S/C14H16F3N5O/c1-8-19-11(22-12(20-8)18-7-13(2,3)23)9-5-4-6-10(21-9)14(15,16)17/h4-6,23H,7H2,1-3H3,(H,18,19,20,22). The van der Waals surface area contributed by atoms with Crippen LogP contribution in [0.1, 0.15) is 25.4 Å². The van der Waals surface area contributed by atoms with Crippen molar-refractivity contribution in [2.24, 2.45) is 0 Å². The summed E-state index contributed by atoms with van der Waals surface area (Å²) in [6.45, 7) is 4.96. The number of nitrogens with zero attached hydrogens (tertiary/aromatic N) is 4. The van der Waals surface area contributed by atoms with Gasteiger partial charge in [-0.1, -0.05) is 6.07 Å². The Labute approximate surface area is 130 Å². The number of halogens is 3. The summed E-state index contributed by atoms with van der Waals surface area (Å²) < 4.78 is 38.2. The summed E-state index contributed by atoms with van der Waals surface area (Å²) in [7, 11) is 0. The molecule has 0 aromatic carbocycles. The smallest absolute Gasteiger partial charge is 0.389 e. The van der Waals surface area contributed by atoms with Crippen LogP contribution in [-0.4, -0.2) is 37.2 Å². The molecule has 23 heavy (non-hydrogen) atoms. The lowest BCUT2D eigenvalue weighted by molar-refractivity contribution is -0.141. The van der Waals surface area contributed by atoms with Gasteiger partial charge in [0.15, 0.2) is 5.82 Å². The lowest BCUT2D eigenvalue weighted by Crippen LogP contribution is -2.30. The van der Waals surface area contributed by atoms with Crippen LogP contribution in [0.3, 0.4) is 0 Å². The molecule has 0 radical (unpaired) electrons. The lowest BCUT2D eigenvalue weighted by Gasteiger charge is -2.17. The molecule has 124 valence electrons. The summed E-state index contributed by atoms with van der Waals surface area (Å²) >= 11 is 0. The summed E-state index contributed by atoms with van der Waals surface area (Å²) in [6, 6.07) is 3.52. The first-order chi connectivity index (χ1) is 10.5. The van der Waals surface area contributed by atoms with E-state index in [4.69, 9.17) is 0 Å². The fraction of sp³-hybridized carbons (Fsp3) is 0.429. The first kappa shape index (κ1) is 17.1. The van der Waals surface area contributed by atoms with E-state index in [1.165, 1.54) is 12.1 Å². The minimum absolute atomic E-state index is 0.00312. The Balaban J connectivity index is 2.35. The predicted octanol–water partition coefficient (Wildman–Crippen LogP) is 2.44. The predicted molar refractivity (Wildman–Crippen MR) is 77.6 cm³/mol. The van der Waals surface area contributed by atoms with Crippen LogP contribution < -0.4 is 5.32 Å². The van der Waals surface area contributed by atoms with Crippen LogP contribution in [0.5, 0.6) is 0 Å². The second-order valence-corrected chi connectivity index (χ2v) is 5.60. The fourth-order valence-corrected chi connectivity index (χ4v) is 1.69. The molecule has 0 atom stereocenters. The number of pyridine rings is 1. The number of aliphatic hydroxyl groups is 1. The van der Waals surface area contributed by atoms with Gasteiger partial charge in [0.05, 0.1) is 5.60 Å². The molecular weight excluding hydrogens is 311 g/mol. The second kappa shape index (κ2) is 6.07. The van der Waals surface area contributed by atoms with Gasteiger partial charge in [0.2, 0.25) is 5.95 Å². The number of nitrogens with one attached hydrogen (secondary N) is 1. The van der Waals surface area contributed by atoms with Crippen LogP contribution in [0.25, 0.3) is 11.5 Å². The molecule has 0 aliphatic rings. The maximum absolute atomic E-state index is 12.7. The number of aryl methyl sites for hydroxylation is 1. The number of hydrogen-bond donors (Lipinski definition) is 2. The average Bonchev–Trinajstić information content (AvgIpc) is 2.43. The van der Waals surface area contributed by atoms with Crippen molar-refractivity contribution >= 4 is 5.95 Å². The third kappa shape index (κ3) is 4.85. The molecule has 9 heteroatoms. The highest BCUT2D eigenvalue weighted by molar-refractivity contribution is 5.51. The average molecular weight is 327 g/mol. The quantitative estimate of drug-likeness (QED) is 0.897. The van der Waals surface area contributed by atoms with Crippen molar-refractivity contribution in [1.82, 2.24) is 19.9 Å². The van der Waals surface area contributed by atoms with Gasteiger partial charge >= 0.3 is 6.18 Å². The molecule has 0 aliphatic carbocycles. The van der Waals surface area contributed by atoms with E-state index >= 15 is 0 Å². The molecule has 2 aromatic rings. The minimum Gasteiger partial charge on any atom is -0.389 e. The zero-order valence-electron chi connectivity index (χ0n) is 12.8. The van der Waals surface area contributed by atoms with E-state index in [1.807, 2.05) is 0 Å². The number of rotatable bonds is 4. The normalized spacial score (nSPS) is 12.3. The summed E-state index contributed by atoms with van der Waals surface area (Å²) in [6.07, 6.45) is -4.54. The molecule has 6 nitrogen and oxygen atoms in total. The third-order valence-corrected chi connectivity index (χ3v) is 2.69. The van der Waals surface area contributed by atoms with Crippen LogP contribution >= 0.6 is 0 Å². The van der Waals surface area contributed by atoms with Crippen molar-refractivity contribution in [3.8, 4) is 11.5 Å². The van der Waals surface area contributed by atoms with Gasteiger partial charge in [-0.05, 0) is 32.9 Å². The Hall–Kier alpha value is -2.29. The molecule has 0 fully saturated rings. The summed E-state index contributed by atoms with van der Waals surface area (Å²) in [5.74, 6) is 0.517. The zero-order chi connectivity index (χ0) is 17.3. The van der Waals surface area contributed by atoms with Crippen molar-refractivity contribution in [3.05, 3.63) is 29.7 Å². The molecular formula is C14H16F3N5O. The number of hydrogen-bond acceptors (Lipinski definition) is 6. The van der Waals surface area contributed by atoms with E-state index < -0.39 is 17.5 Å². The summed E-state index contributed by atoms with van der Waals surface area (Å²) in [4.78, 5) is 15.7. The van der Waals surface area contributed by atoms with Gasteiger partial charge in [-0.25, -0.2) is 9.97 Å². The molecule has 0 saturated heterocycles. The van der Waals surface area contributed by atoms with E-state index in [9.17, 15) is 18.3 Å². The topological polar surface area (TPSA) is 83.8 Å². The Morgan fingerprint density at radius 1 is 1.09 bits per heavy atom. The van der Waals surface area contributed by atoms with Crippen LogP contribution in [-0.2, 0) is 6.18 Å². The molecule has 0 bridgehead atoms. The maximum Gasteiger partial charge on any atom is 0.433 e. The molecule has 2 heterocycles. The highest BCUT2D eigenvalue weighted by Crippen LogP contribution is 2.28. The van der Waals surface area contributed by atoms with Gasteiger partial charge in [0.25, 0.3) is 0 Å². The van der Waals surface area contributed by atoms with Crippen LogP contribution in [0.15, 0.2) is 18.2 Å². The van der Waals surface area contributed by atoms with E-state index in [1.54, 1.807) is 20.8 Å². The van der Waals surface area contributed by atoms with Gasteiger partial charge < -0.3 is 10.4 Å². The van der Waals surface area contributed by atoms with Gasteiger partial charge in [-0.3, -0.25) is 0 Å². The molecule has 0 aliphatic heterocycles. The highest BCUT2D eigenvalue weighted by Gasteiger charge is 2.32. The van der Waals surface area contributed by atoms with Crippen molar-refractivity contribution in [2.45, 2.75) is 32.5 Å². The summed E-state index contributed by atoms with van der Waals surface area (Å²) in [5, 5.41) is 12.5. The van der Waals surface area contributed by atoms with E-state index in [0.29, 0.717) is 5.82 Å². The zero-order valence-corrected chi connectivity index (χ0v) is 12.8. The Morgan fingerprint density at radius 2 is 1.78 bits per heavy atom. The second-order valence-electron chi connectivity index (χ2n) is 5.60. The van der Waals surface area contributed by atoms with Crippen molar-refractivity contribution < 1.29 is 18.3 Å². The van der Waals surface area contributed by atoms with Crippen molar-refractivity contribution in [3.63, 3.8) is 0 Å². The Morgan fingerprint density at radius 3 is 2.39 bits per heavy atom. The highest BCUT2D eigenvalue weighted by atomic mass is 19.4. The van der Waals surface area contributed by atoms with E-state index in [-0.39, 0.29) is 24.0 Å². The molecule has 0 spiro atoms. The van der Waals surface area contributed by atoms with Gasteiger partial charge in [0, 0.05) is 6.54 Å². The first-order valence-corrected chi connectivity index (χ1v) is 6.78. The largest absolute Gasteiger partial charge is 0.433 e. The molecule has 0 amide bonds. The fourth-order valence-electron chi connectivity index (χ4n) is 1.69. The number of aromatic nitrogens is 4. The molecule has 0 saturated carbocycles. The van der Waals surface area contributed by atoms with Crippen LogP contribution in [0, 0.1) is 6.92 Å². The minimum atomic E-state index is -4.54. The van der Waals surface area contributed by atoms with E-state index in [2.05, 4.69) is 25.3 Å². The molecule has 2 aromatic heterocycles. The van der Waals surface area contributed by atoms with Gasteiger partial charge in [-0.2, -0.15) is 23.1 Å². The number of alkyl halides is 3. The lowest BCUT2D eigenvalue weighted by atomic mass is 10.1.